The summed E-state index contributed by atoms with van der Waals surface area (Å²) in [6, 6.07) is 0. The van der Waals surface area contributed by atoms with E-state index in [9.17, 15) is 0 Å². The van der Waals surface area contributed by atoms with Crippen molar-refractivity contribution in [2.75, 3.05) is 0 Å². The minimum atomic E-state index is 0.367. The predicted molar refractivity (Wildman–Crippen MR) is 78.4 cm³/mol. The molecule has 0 N–H and O–H groups in total. The first-order valence-corrected chi connectivity index (χ1v) is 7.66. The lowest BCUT2D eigenvalue weighted by atomic mass is 9.63. The van der Waals surface area contributed by atoms with Crippen molar-refractivity contribution in [3.8, 4) is 0 Å². The van der Waals surface area contributed by atoms with Crippen LogP contribution < -0.4 is 0 Å². The van der Waals surface area contributed by atoms with E-state index in [4.69, 9.17) is 0 Å². The van der Waals surface area contributed by atoms with E-state index in [0.29, 0.717) is 5.41 Å². The van der Waals surface area contributed by atoms with E-state index in [2.05, 4.69) is 36.5 Å². The lowest BCUT2D eigenvalue weighted by molar-refractivity contribution is 0.298. The molecule has 1 saturated carbocycles. The summed E-state index contributed by atoms with van der Waals surface area (Å²) in [7, 11) is 0. The van der Waals surface area contributed by atoms with E-state index < -0.39 is 0 Å². The van der Waals surface area contributed by atoms with Crippen LogP contribution in [-0.4, -0.2) is 0 Å². The van der Waals surface area contributed by atoms with Crippen LogP contribution in [0.15, 0.2) is 47.6 Å². The van der Waals surface area contributed by atoms with Gasteiger partial charge in [-0.1, -0.05) is 55.7 Å². The molecule has 0 aromatic carbocycles. The third kappa shape index (κ3) is 2.13. The molecule has 3 aliphatic carbocycles. The number of hydrogen-bond acceptors (Lipinski definition) is 0. The molecular formula is C18H24. The van der Waals surface area contributed by atoms with Crippen molar-refractivity contribution < 1.29 is 0 Å². The Morgan fingerprint density at radius 3 is 1.67 bits per heavy atom. The number of hydrogen-bond donors (Lipinski definition) is 0. The van der Waals surface area contributed by atoms with E-state index in [1.165, 1.54) is 57.8 Å². The van der Waals surface area contributed by atoms with Gasteiger partial charge in [0.05, 0.1) is 0 Å². The molecule has 0 nitrogen and oxygen atoms in total. The van der Waals surface area contributed by atoms with Gasteiger partial charge in [0.15, 0.2) is 0 Å². The summed E-state index contributed by atoms with van der Waals surface area (Å²) in [6.45, 7) is 0. The zero-order valence-corrected chi connectivity index (χ0v) is 11.3. The van der Waals surface area contributed by atoms with Crippen LogP contribution in [0.4, 0.5) is 0 Å². The smallest absolute Gasteiger partial charge is 0.0196 e. The normalized spacial score (nSPS) is 26.7. The summed E-state index contributed by atoms with van der Waals surface area (Å²) in [6.07, 6.45) is 26.5. The van der Waals surface area contributed by atoms with Gasteiger partial charge < -0.3 is 0 Å². The molecule has 0 bridgehead atoms. The highest BCUT2D eigenvalue weighted by Crippen LogP contribution is 2.50. The third-order valence-electron chi connectivity index (χ3n) is 4.80. The maximum atomic E-state index is 2.51. The molecular weight excluding hydrogens is 216 g/mol. The Kier molecular flexibility index (Phi) is 3.54. The predicted octanol–water partition coefficient (Wildman–Crippen LogP) is 5.49. The van der Waals surface area contributed by atoms with Crippen molar-refractivity contribution in [1.29, 1.82) is 0 Å². The second-order valence-electron chi connectivity index (χ2n) is 5.92. The quantitative estimate of drug-likeness (QED) is 0.598. The van der Waals surface area contributed by atoms with E-state index in [0.717, 1.165) is 0 Å². The third-order valence-corrected chi connectivity index (χ3v) is 4.80. The Bertz CT molecular complexity index is 377. The second-order valence-corrected chi connectivity index (χ2v) is 5.92. The van der Waals surface area contributed by atoms with E-state index >= 15 is 0 Å². The molecule has 0 atom stereocenters. The minimum Gasteiger partial charge on any atom is -0.0839 e. The number of rotatable bonds is 2. The molecule has 0 unspecified atom stereocenters. The van der Waals surface area contributed by atoms with Crippen molar-refractivity contribution >= 4 is 0 Å². The van der Waals surface area contributed by atoms with Gasteiger partial charge in [-0.3, -0.25) is 0 Å². The molecule has 0 aromatic heterocycles. The van der Waals surface area contributed by atoms with E-state index in [1.54, 1.807) is 11.1 Å². The molecule has 0 amide bonds. The number of allylic oxidation sites excluding steroid dienone is 8. The van der Waals surface area contributed by atoms with Gasteiger partial charge in [0.1, 0.15) is 0 Å². The molecule has 0 heterocycles. The molecule has 96 valence electrons. The topological polar surface area (TPSA) is 0 Å². The standard InChI is InChI=1S/C18H24/c1-4-10-16(11-5-1)18(14-8-3-9-15-18)17-12-6-2-7-13-17/h4,6,10-13H,1-3,5,7-9,14-15H2. The largest absolute Gasteiger partial charge is 0.0839 e. The van der Waals surface area contributed by atoms with E-state index in [-0.39, 0.29) is 0 Å². The van der Waals surface area contributed by atoms with Crippen LogP contribution in [0.3, 0.4) is 0 Å². The monoisotopic (exact) mass is 240 g/mol. The summed E-state index contributed by atoms with van der Waals surface area (Å²) in [4.78, 5) is 0. The SMILES string of the molecule is C1=CC(C2(C3=CCCC=C3)CCCCC2)=CCC1. The molecule has 0 aliphatic heterocycles. The molecule has 0 spiro atoms. The lowest BCUT2D eigenvalue weighted by Gasteiger charge is -2.41. The van der Waals surface area contributed by atoms with Gasteiger partial charge in [-0.15, -0.1) is 0 Å². The highest BCUT2D eigenvalue weighted by molar-refractivity contribution is 5.44. The molecule has 0 aromatic rings. The minimum absolute atomic E-state index is 0.367. The van der Waals surface area contributed by atoms with E-state index in [1.807, 2.05) is 0 Å². The lowest BCUT2D eigenvalue weighted by Crippen LogP contribution is -2.28. The molecule has 0 saturated heterocycles. The molecule has 3 rings (SSSR count). The van der Waals surface area contributed by atoms with Crippen LogP contribution >= 0.6 is 0 Å². The van der Waals surface area contributed by atoms with Crippen LogP contribution in [0.25, 0.3) is 0 Å². The Labute approximate surface area is 111 Å². The zero-order chi connectivity index (χ0) is 12.3. The van der Waals surface area contributed by atoms with Crippen LogP contribution in [0.1, 0.15) is 57.8 Å². The first-order chi connectivity index (χ1) is 8.92. The molecule has 3 aliphatic rings. The van der Waals surface area contributed by atoms with Gasteiger partial charge in [0, 0.05) is 5.41 Å². The van der Waals surface area contributed by atoms with Gasteiger partial charge in [0.2, 0.25) is 0 Å². The summed E-state index contributed by atoms with van der Waals surface area (Å²) in [5, 5.41) is 0. The first-order valence-electron chi connectivity index (χ1n) is 7.66. The first kappa shape index (κ1) is 12.0. The highest BCUT2D eigenvalue weighted by atomic mass is 14.4. The van der Waals surface area contributed by atoms with Crippen molar-refractivity contribution in [3.63, 3.8) is 0 Å². The zero-order valence-electron chi connectivity index (χ0n) is 11.3. The Hall–Kier alpha value is -1.04. The molecule has 18 heavy (non-hydrogen) atoms. The van der Waals surface area contributed by atoms with Crippen molar-refractivity contribution in [2.45, 2.75) is 57.8 Å². The Balaban J connectivity index is 1.97. The fourth-order valence-electron chi connectivity index (χ4n) is 3.84. The van der Waals surface area contributed by atoms with Gasteiger partial charge in [-0.05, 0) is 49.7 Å². The maximum Gasteiger partial charge on any atom is 0.0196 e. The summed E-state index contributed by atoms with van der Waals surface area (Å²) >= 11 is 0. The van der Waals surface area contributed by atoms with Crippen LogP contribution in [-0.2, 0) is 0 Å². The van der Waals surface area contributed by atoms with Crippen LogP contribution in [0.5, 0.6) is 0 Å². The average Bonchev–Trinajstić information content (AvgIpc) is 2.50. The molecule has 0 radical (unpaired) electrons. The van der Waals surface area contributed by atoms with Crippen LogP contribution in [0.2, 0.25) is 0 Å². The van der Waals surface area contributed by atoms with Crippen LogP contribution in [0, 0.1) is 5.41 Å². The molecule has 1 fully saturated rings. The summed E-state index contributed by atoms with van der Waals surface area (Å²) in [5.41, 5.74) is 3.60. The van der Waals surface area contributed by atoms with Crippen molar-refractivity contribution in [2.24, 2.45) is 5.41 Å². The van der Waals surface area contributed by atoms with Crippen molar-refractivity contribution in [3.05, 3.63) is 47.6 Å². The van der Waals surface area contributed by atoms with Crippen molar-refractivity contribution in [1.82, 2.24) is 0 Å². The molecule has 0 heteroatoms. The second kappa shape index (κ2) is 5.30. The van der Waals surface area contributed by atoms with Gasteiger partial charge in [0.25, 0.3) is 0 Å². The Morgan fingerprint density at radius 2 is 1.22 bits per heavy atom. The van der Waals surface area contributed by atoms with Gasteiger partial charge in [-0.2, -0.15) is 0 Å². The fraction of sp³-hybridized carbons (Fsp3) is 0.556. The fourth-order valence-corrected chi connectivity index (χ4v) is 3.84. The maximum absolute atomic E-state index is 2.51. The summed E-state index contributed by atoms with van der Waals surface area (Å²) < 4.78 is 0. The Morgan fingerprint density at radius 1 is 0.667 bits per heavy atom. The van der Waals surface area contributed by atoms with Gasteiger partial charge in [-0.25, -0.2) is 0 Å². The van der Waals surface area contributed by atoms with Gasteiger partial charge >= 0.3 is 0 Å². The highest BCUT2D eigenvalue weighted by Gasteiger charge is 2.37. The summed E-state index contributed by atoms with van der Waals surface area (Å²) in [5.74, 6) is 0. The average molecular weight is 240 g/mol.